The number of benzene rings is 1. The second-order valence-corrected chi connectivity index (χ2v) is 9.30. The van der Waals surface area contributed by atoms with E-state index in [4.69, 9.17) is 11.5 Å². The summed E-state index contributed by atoms with van der Waals surface area (Å²) in [6.07, 6.45) is 0.587. The van der Waals surface area contributed by atoms with Gasteiger partial charge in [0.15, 0.2) is 0 Å². The van der Waals surface area contributed by atoms with Crippen molar-refractivity contribution >= 4 is 29.6 Å². The van der Waals surface area contributed by atoms with Crippen LogP contribution in [-0.4, -0.2) is 58.9 Å². The number of carboxylic acid groups (broad SMARTS) is 1. The number of amides is 4. The molecule has 36 heavy (non-hydrogen) atoms. The summed E-state index contributed by atoms with van der Waals surface area (Å²) in [5.74, 6) is -4.30. The van der Waals surface area contributed by atoms with E-state index in [1.54, 1.807) is 51.1 Å². The summed E-state index contributed by atoms with van der Waals surface area (Å²) >= 11 is 0. The molecular formula is C25H39N5O6. The molecule has 5 atom stereocenters. The first-order valence-corrected chi connectivity index (χ1v) is 12.1. The summed E-state index contributed by atoms with van der Waals surface area (Å²) in [5, 5.41) is 17.4. The Morgan fingerprint density at radius 1 is 0.889 bits per heavy atom. The van der Waals surface area contributed by atoms with Crippen LogP contribution in [0.2, 0.25) is 0 Å². The van der Waals surface area contributed by atoms with Crippen LogP contribution in [0, 0.1) is 11.8 Å². The first-order valence-electron chi connectivity index (χ1n) is 12.1. The fourth-order valence-corrected chi connectivity index (χ4v) is 3.48. The molecule has 11 heteroatoms. The highest BCUT2D eigenvalue weighted by atomic mass is 16.4. The number of carboxylic acids is 1. The smallest absolute Gasteiger partial charge is 0.326 e. The molecule has 0 aromatic heterocycles. The van der Waals surface area contributed by atoms with Gasteiger partial charge in [0.1, 0.15) is 18.1 Å². The summed E-state index contributed by atoms with van der Waals surface area (Å²) in [7, 11) is 0. The highest BCUT2D eigenvalue weighted by Crippen LogP contribution is 2.12. The van der Waals surface area contributed by atoms with Crippen LogP contribution in [0.5, 0.6) is 0 Å². The zero-order valence-electron chi connectivity index (χ0n) is 21.3. The van der Waals surface area contributed by atoms with Gasteiger partial charge in [-0.3, -0.25) is 19.2 Å². The normalized spacial score (nSPS) is 15.2. The van der Waals surface area contributed by atoms with Gasteiger partial charge in [0.25, 0.3) is 0 Å². The van der Waals surface area contributed by atoms with Crippen molar-refractivity contribution in [3.05, 3.63) is 35.9 Å². The molecule has 0 radical (unpaired) electrons. The molecular weight excluding hydrogens is 466 g/mol. The molecule has 1 rings (SSSR count). The second kappa shape index (κ2) is 14.8. The van der Waals surface area contributed by atoms with Crippen molar-refractivity contribution in [3.63, 3.8) is 0 Å². The van der Waals surface area contributed by atoms with E-state index < -0.39 is 53.8 Å². The maximum atomic E-state index is 13.2. The fourth-order valence-electron chi connectivity index (χ4n) is 3.48. The zero-order valence-corrected chi connectivity index (χ0v) is 21.3. The Morgan fingerprint density at radius 2 is 1.44 bits per heavy atom. The van der Waals surface area contributed by atoms with E-state index in [0.29, 0.717) is 6.42 Å². The van der Waals surface area contributed by atoms with Crippen molar-refractivity contribution in [1.29, 1.82) is 0 Å². The van der Waals surface area contributed by atoms with E-state index in [0.717, 1.165) is 5.56 Å². The van der Waals surface area contributed by atoms with Crippen LogP contribution in [0.15, 0.2) is 30.3 Å². The van der Waals surface area contributed by atoms with Crippen molar-refractivity contribution in [2.45, 2.75) is 77.5 Å². The number of rotatable bonds is 15. The van der Waals surface area contributed by atoms with Crippen LogP contribution in [0.3, 0.4) is 0 Å². The Morgan fingerprint density at radius 3 is 1.94 bits per heavy atom. The van der Waals surface area contributed by atoms with Crippen LogP contribution in [0.4, 0.5) is 0 Å². The Hall–Kier alpha value is -3.47. The molecule has 5 unspecified atom stereocenters. The van der Waals surface area contributed by atoms with Crippen LogP contribution in [0.25, 0.3) is 0 Å². The lowest BCUT2D eigenvalue weighted by atomic mass is 9.95. The molecule has 0 spiro atoms. The van der Waals surface area contributed by atoms with E-state index in [9.17, 15) is 29.1 Å². The van der Waals surface area contributed by atoms with Crippen molar-refractivity contribution in [3.8, 4) is 0 Å². The molecule has 0 aliphatic heterocycles. The van der Waals surface area contributed by atoms with Crippen LogP contribution < -0.4 is 27.4 Å². The summed E-state index contributed by atoms with van der Waals surface area (Å²) in [5.41, 5.74) is 11.7. The molecule has 0 fully saturated rings. The van der Waals surface area contributed by atoms with Crippen LogP contribution in [-0.2, 0) is 30.4 Å². The molecule has 0 saturated carbocycles. The number of carbonyl (C=O) groups is 5. The second-order valence-electron chi connectivity index (χ2n) is 9.30. The van der Waals surface area contributed by atoms with Gasteiger partial charge in [0.05, 0.1) is 6.04 Å². The fraction of sp³-hybridized carbons (Fsp3) is 0.560. The average molecular weight is 506 g/mol. The third-order valence-corrected chi connectivity index (χ3v) is 5.98. The van der Waals surface area contributed by atoms with E-state index in [2.05, 4.69) is 16.0 Å². The van der Waals surface area contributed by atoms with E-state index in [1.165, 1.54) is 0 Å². The minimum Gasteiger partial charge on any atom is -0.480 e. The summed E-state index contributed by atoms with van der Waals surface area (Å²) < 4.78 is 0. The maximum Gasteiger partial charge on any atom is 0.326 e. The molecule has 4 amide bonds. The predicted molar refractivity (Wildman–Crippen MR) is 134 cm³/mol. The van der Waals surface area contributed by atoms with Gasteiger partial charge >= 0.3 is 5.97 Å². The Labute approximate surface area is 211 Å². The summed E-state index contributed by atoms with van der Waals surface area (Å²) in [6.45, 7) is 7.05. The van der Waals surface area contributed by atoms with Crippen molar-refractivity contribution in [2.24, 2.45) is 23.3 Å². The third-order valence-electron chi connectivity index (χ3n) is 5.98. The molecule has 200 valence electrons. The lowest BCUT2D eigenvalue weighted by molar-refractivity contribution is -0.142. The number of nitrogens with two attached hydrogens (primary N) is 2. The number of carbonyl (C=O) groups excluding carboxylic acids is 4. The first-order chi connectivity index (χ1) is 16.9. The minimum absolute atomic E-state index is 0.0328. The van der Waals surface area contributed by atoms with Crippen molar-refractivity contribution in [2.75, 3.05) is 0 Å². The molecule has 0 aliphatic carbocycles. The van der Waals surface area contributed by atoms with Gasteiger partial charge < -0.3 is 32.5 Å². The number of primary amides is 1. The van der Waals surface area contributed by atoms with Crippen molar-refractivity contribution < 1.29 is 29.1 Å². The number of hydrogen-bond donors (Lipinski definition) is 6. The lowest BCUT2D eigenvalue weighted by Crippen LogP contribution is -2.60. The topological polar surface area (TPSA) is 194 Å². The number of aliphatic carboxylic acids is 1. The predicted octanol–water partition coefficient (Wildman–Crippen LogP) is 0.0630. The highest BCUT2D eigenvalue weighted by Gasteiger charge is 2.33. The average Bonchev–Trinajstić information content (AvgIpc) is 2.83. The molecule has 1 aromatic rings. The van der Waals surface area contributed by atoms with Crippen LogP contribution in [0.1, 0.15) is 52.5 Å². The van der Waals surface area contributed by atoms with Gasteiger partial charge in [-0.1, -0.05) is 64.4 Å². The zero-order chi connectivity index (χ0) is 27.4. The SMILES string of the molecule is CCC(C)C(NC(=O)C(N)CCC(N)=O)C(=O)NC(C(=O)NC(Cc1ccccc1)C(=O)O)C(C)C. The van der Waals surface area contributed by atoms with Gasteiger partial charge in [-0.05, 0) is 23.8 Å². The van der Waals surface area contributed by atoms with Gasteiger partial charge in [0.2, 0.25) is 23.6 Å². The molecule has 0 heterocycles. The Kier molecular flexibility index (Phi) is 12.6. The van der Waals surface area contributed by atoms with Crippen LogP contribution >= 0.6 is 0 Å². The maximum absolute atomic E-state index is 13.2. The molecule has 0 aliphatic rings. The van der Waals surface area contributed by atoms with Crippen molar-refractivity contribution in [1.82, 2.24) is 16.0 Å². The summed E-state index contributed by atoms with van der Waals surface area (Å²) in [4.78, 5) is 61.5. The van der Waals surface area contributed by atoms with E-state index >= 15 is 0 Å². The molecule has 8 N–H and O–H groups in total. The van der Waals surface area contributed by atoms with E-state index in [-0.39, 0.29) is 31.1 Å². The van der Waals surface area contributed by atoms with E-state index in [1.807, 2.05) is 6.92 Å². The number of hydrogen-bond acceptors (Lipinski definition) is 6. The highest BCUT2D eigenvalue weighted by molar-refractivity contribution is 5.94. The molecule has 0 bridgehead atoms. The monoisotopic (exact) mass is 505 g/mol. The molecule has 1 aromatic carbocycles. The number of nitrogens with one attached hydrogen (secondary N) is 3. The molecule has 11 nitrogen and oxygen atoms in total. The van der Waals surface area contributed by atoms with Gasteiger partial charge in [-0.2, -0.15) is 0 Å². The Bertz CT molecular complexity index is 907. The largest absolute Gasteiger partial charge is 0.480 e. The third kappa shape index (κ3) is 10.0. The Balaban J connectivity index is 2.96. The van der Waals surface area contributed by atoms with Gasteiger partial charge in [-0.25, -0.2) is 4.79 Å². The lowest BCUT2D eigenvalue weighted by Gasteiger charge is -2.29. The quantitative estimate of drug-likeness (QED) is 0.194. The minimum atomic E-state index is -1.20. The van der Waals surface area contributed by atoms with Gasteiger partial charge in [-0.15, -0.1) is 0 Å². The molecule has 0 saturated heterocycles. The van der Waals surface area contributed by atoms with Gasteiger partial charge in [0, 0.05) is 12.8 Å². The standard InChI is InChI=1S/C25H39N5O6/c1-5-15(4)21(30-22(32)17(26)11-12-19(27)31)24(34)29-20(14(2)3)23(33)28-18(25(35)36)13-16-9-7-6-8-10-16/h6-10,14-15,17-18,20-21H,5,11-13,26H2,1-4H3,(H2,27,31)(H,28,33)(H,29,34)(H,30,32)(H,35,36). The summed E-state index contributed by atoms with van der Waals surface area (Å²) in [6, 6.07) is 4.63. The first kappa shape index (κ1) is 30.6.